The first-order chi connectivity index (χ1) is 9.40. The molecular weight excluding hydrogens is 269 g/mol. The van der Waals surface area contributed by atoms with Gasteiger partial charge in [-0.25, -0.2) is 0 Å². The van der Waals surface area contributed by atoms with Gasteiger partial charge in [0.05, 0.1) is 11.6 Å². The second-order valence-electron chi connectivity index (χ2n) is 4.57. The topological polar surface area (TPSA) is 36.3 Å². The lowest BCUT2D eigenvalue weighted by molar-refractivity contribution is -0.174. The van der Waals surface area contributed by atoms with Crippen LogP contribution >= 0.6 is 0 Å². The van der Waals surface area contributed by atoms with Gasteiger partial charge in [-0.15, -0.1) is 0 Å². The first-order valence-electron chi connectivity index (χ1n) is 6.23. The van der Waals surface area contributed by atoms with Crippen LogP contribution in [0.25, 0.3) is 0 Å². The normalized spacial score (nSPS) is 11.6. The first kappa shape index (κ1) is 16.5. The summed E-state index contributed by atoms with van der Waals surface area (Å²) in [4.78, 5) is 1.98. The highest BCUT2D eigenvalue weighted by molar-refractivity contribution is 5.32. The number of hydrogen-bond donors (Lipinski definition) is 0. The highest BCUT2D eigenvalue weighted by Crippen LogP contribution is 2.14. The minimum Gasteiger partial charge on any atom is -0.372 e. The second-order valence-corrected chi connectivity index (χ2v) is 4.57. The van der Waals surface area contributed by atoms with E-state index in [-0.39, 0.29) is 6.61 Å². The molecule has 3 nitrogen and oxygen atoms in total. The molecule has 6 heteroatoms. The van der Waals surface area contributed by atoms with Crippen LogP contribution in [-0.2, 0) is 11.3 Å². The lowest BCUT2D eigenvalue weighted by Gasteiger charge is -2.17. The molecule has 1 aromatic carbocycles. The monoisotopic (exact) mass is 286 g/mol. The van der Waals surface area contributed by atoms with E-state index in [0.717, 1.165) is 5.56 Å². The molecule has 0 aromatic heterocycles. The zero-order chi connectivity index (χ0) is 15.0. The molecule has 0 saturated heterocycles. The molecular formula is C14H17F3N2O. The summed E-state index contributed by atoms with van der Waals surface area (Å²) in [6.07, 6.45) is -3.73. The van der Waals surface area contributed by atoms with Crippen molar-refractivity contribution in [3.8, 4) is 6.07 Å². The molecule has 0 bridgehead atoms. The summed E-state index contributed by atoms with van der Waals surface area (Å²) < 4.78 is 40.1. The van der Waals surface area contributed by atoms with Crippen LogP contribution in [0.3, 0.4) is 0 Å². The average Bonchev–Trinajstić information content (AvgIpc) is 2.37. The van der Waals surface area contributed by atoms with E-state index in [4.69, 9.17) is 5.26 Å². The van der Waals surface area contributed by atoms with E-state index in [9.17, 15) is 13.2 Å². The van der Waals surface area contributed by atoms with E-state index in [1.807, 2.05) is 24.1 Å². The van der Waals surface area contributed by atoms with Crippen molar-refractivity contribution < 1.29 is 17.9 Å². The van der Waals surface area contributed by atoms with Crippen molar-refractivity contribution in [1.29, 1.82) is 5.26 Å². The lowest BCUT2D eigenvalue weighted by Crippen LogP contribution is -2.22. The number of hydrogen-bond acceptors (Lipinski definition) is 3. The van der Waals surface area contributed by atoms with Crippen LogP contribution in [0.5, 0.6) is 0 Å². The van der Waals surface area contributed by atoms with E-state index < -0.39 is 12.8 Å². The molecule has 110 valence electrons. The van der Waals surface area contributed by atoms with E-state index in [1.54, 1.807) is 12.1 Å². The molecule has 0 unspecified atom stereocenters. The van der Waals surface area contributed by atoms with Gasteiger partial charge in [-0.05, 0) is 31.2 Å². The van der Waals surface area contributed by atoms with Gasteiger partial charge in [-0.1, -0.05) is 12.1 Å². The van der Waals surface area contributed by atoms with Crippen molar-refractivity contribution in [2.45, 2.75) is 19.1 Å². The Bertz CT molecular complexity index is 454. The minimum atomic E-state index is -4.26. The summed E-state index contributed by atoms with van der Waals surface area (Å²) in [7, 11) is 1.88. The Morgan fingerprint density at radius 3 is 2.75 bits per heavy atom. The maximum atomic E-state index is 11.8. The zero-order valence-electron chi connectivity index (χ0n) is 11.3. The van der Waals surface area contributed by atoms with Crippen molar-refractivity contribution in [3.05, 3.63) is 35.4 Å². The largest absolute Gasteiger partial charge is 0.411 e. The summed E-state index contributed by atoms with van der Waals surface area (Å²) in [5, 5.41) is 8.79. The molecule has 20 heavy (non-hydrogen) atoms. The maximum absolute atomic E-state index is 11.8. The minimum absolute atomic E-state index is 0.0854. The standard InChI is InChI=1S/C14H17F3N2O/c1-19(6-3-7-20-11-14(15,16)17)10-13-5-2-4-12(8-13)9-18/h2,4-5,8H,3,6-7,10-11H2,1H3. The number of nitriles is 1. The third-order valence-corrected chi connectivity index (χ3v) is 2.60. The Labute approximate surface area is 116 Å². The van der Waals surface area contributed by atoms with Crippen molar-refractivity contribution in [3.63, 3.8) is 0 Å². The zero-order valence-corrected chi connectivity index (χ0v) is 11.3. The summed E-state index contributed by atoms with van der Waals surface area (Å²) in [5.41, 5.74) is 1.60. The van der Waals surface area contributed by atoms with Gasteiger partial charge in [-0.2, -0.15) is 18.4 Å². The number of benzene rings is 1. The Balaban J connectivity index is 2.23. The number of halogens is 3. The molecule has 1 rings (SSSR count). The SMILES string of the molecule is CN(CCCOCC(F)(F)F)Cc1cccc(C#N)c1. The fourth-order valence-electron chi connectivity index (χ4n) is 1.75. The molecule has 0 heterocycles. The molecule has 0 radical (unpaired) electrons. The molecule has 0 fully saturated rings. The van der Waals surface area contributed by atoms with E-state index in [1.165, 1.54) is 0 Å². The van der Waals surface area contributed by atoms with E-state index in [2.05, 4.69) is 10.8 Å². The fourth-order valence-corrected chi connectivity index (χ4v) is 1.75. The lowest BCUT2D eigenvalue weighted by atomic mass is 10.1. The molecule has 0 amide bonds. The van der Waals surface area contributed by atoms with Crippen LogP contribution in [0.15, 0.2) is 24.3 Å². The second kappa shape index (κ2) is 7.88. The highest BCUT2D eigenvalue weighted by atomic mass is 19.4. The van der Waals surface area contributed by atoms with Crippen molar-refractivity contribution in [2.75, 3.05) is 26.8 Å². The molecule has 0 atom stereocenters. The number of rotatable bonds is 7. The Kier molecular flexibility index (Phi) is 6.49. The van der Waals surface area contributed by atoms with Crippen LogP contribution in [0.4, 0.5) is 13.2 Å². The first-order valence-corrected chi connectivity index (χ1v) is 6.23. The third kappa shape index (κ3) is 7.12. The average molecular weight is 286 g/mol. The molecule has 0 aliphatic heterocycles. The van der Waals surface area contributed by atoms with Crippen molar-refractivity contribution in [2.24, 2.45) is 0 Å². The molecule has 1 aromatic rings. The highest BCUT2D eigenvalue weighted by Gasteiger charge is 2.27. The summed E-state index contributed by atoms with van der Waals surface area (Å²) in [5.74, 6) is 0. The third-order valence-electron chi connectivity index (χ3n) is 2.60. The Morgan fingerprint density at radius 2 is 2.10 bits per heavy atom. The van der Waals surface area contributed by atoms with Crippen molar-refractivity contribution >= 4 is 0 Å². The van der Waals surface area contributed by atoms with E-state index in [0.29, 0.717) is 25.1 Å². The van der Waals surface area contributed by atoms with Crippen LogP contribution < -0.4 is 0 Å². The van der Waals surface area contributed by atoms with Gasteiger partial charge in [-0.3, -0.25) is 0 Å². The van der Waals surface area contributed by atoms with Gasteiger partial charge in [0.15, 0.2) is 0 Å². The summed E-state index contributed by atoms with van der Waals surface area (Å²) >= 11 is 0. The van der Waals surface area contributed by atoms with Gasteiger partial charge >= 0.3 is 6.18 Å². The van der Waals surface area contributed by atoms with E-state index >= 15 is 0 Å². The summed E-state index contributed by atoms with van der Waals surface area (Å²) in [6.45, 7) is 0.173. The quantitative estimate of drug-likeness (QED) is 0.723. The van der Waals surface area contributed by atoms with Crippen LogP contribution in [-0.4, -0.2) is 37.9 Å². The van der Waals surface area contributed by atoms with Gasteiger partial charge in [0.1, 0.15) is 6.61 Å². The van der Waals surface area contributed by atoms with Crippen molar-refractivity contribution in [1.82, 2.24) is 4.90 Å². The summed E-state index contributed by atoms with van der Waals surface area (Å²) in [6, 6.07) is 9.33. The van der Waals surface area contributed by atoms with Gasteiger partial charge < -0.3 is 9.64 Å². The Morgan fingerprint density at radius 1 is 1.35 bits per heavy atom. The van der Waals surface area contributed by atoms with Gasteiger partial charge in [0.25, 0.3) is 0 Å². The number of nitrogens with zero attached hydrogens (tertiary/aromatic N) is 2. The number of ether oxygens (including phenoxy) is 1. The van der Waals surface area contributed by atoms with Crippen LogP contribution in [0.1, 0.15) is 17.5 Å². The molecule has 0 saturated carbocycles. The van der Waals surface area contributed by atoms with Gasteiger partial charge in [0, 0.05) is 19.7 Å². The predicted molar refractivity (Wildman–Crippen MR) is 69.0 cm³/mol. The number of alkyl halides is 3. The van der Waals surface area contributed by atoms with Crippen LogP contribution in [0.2, 0.25) is 0 Å². The van der Waals surface area contributed by atoms with Crippen LogP contribution in [0, 0.1) is 11.3 Å². The molecule has 0 aliphatic rings. The van der Waals surface area contributed by atoms with Gasteiger partial charge in [0.2, 0.25) is 0 Å². The molecule has 0 aliphatic carbocycles. The predicted octanol–water partition coefficient (Wildman–Crippen LogP) is 2.96. The fraction of sp³-hybridized carbons (Fsp3) is 0.500. The maximum Gasteiger partial charge on any atom is 0.411 e. The smallest absolute Gasteiger partial charge is 0.372 e. The molecule has 0 N–H and O–H groups in total. The molecule has 0 spiro atoms. The Hall–Kier alpha value is -1.58.